The fourth-order valence-corrected chi connectivity index (χ4v) is 3.52. The number of hydrogen-bond acceptors (Lipinski definition) is 4. The first kappa shape index (κ1) is 20.5. The van der Waals surface area contributed by atoms with Gasteiger partial charge in [0.05, 0.1) is 14.2 Å². The highest BCUT2D eigenvalue weighted by molar-refractivity contribution is 5.91. The van der Waals surface area contributed by atoms with E-state index in [1.165, 1.54) is 22.3 Å². The first-order chi connectivity index (χ1) is 13.9. The van der Waals surface area contributed by atoms with Gasteiger partial charge in [0.25, 0.3) is 5.91 Å². The van der Waals surface area contributed by atoms with Crippen molar-refractivity contribution < 1.29 is 18.7 Å². The molecule has 0 aliphatic carbocycles. The number of benzene rings is 2. The molecule has 2 aromatic carbocycles. The average Bonchev–Trinajstić information content (AvgIpc) is 3.17. The number of rotatable bonds is 7. The molecule has 1 amide bonds. The highest BCUT2D eigenvalue weighted by Gasteiger charge is 2.14. The molecular weight excluding hydrogens is 366 g/mol. The molecule has 0 spiro atoms. The van der Waals surface area contributed by atoms with E-state index in [4.69, 9.17) is 13.9 Å². The zero-order valence-corrected chi connectivity index (χ0v) is 17.6. The van der Waals surface area contributed by atoms with Crippen molar-refractivity contribution in [1.29, 1.82) is 0 Å². The molecule has 0 radical (unpaired) electrons. The fraction of sp³-hybridized carbons (Fsp3) is 0.292. The molecule has 0 atom stereocenters. The maximum atomic E-state index is 12.5. The SMILES string of the molecule is COc1ccc(CNC(=O)c2ccc(Cc3c(C)cc(C)cc3C)o2)c(OC)c1. The van der Waals surface area contributed by atoms with Crippen molar-refractivity contribution >= 4 is 5.91 Å². The summed E-state index contributed by atoms with van der Waals surface area (Å²) in [7, 11) is 3.19. The van der Waals surface area contributed by atoms with Gasteiger partial charge in [0.1, 0.15) is 17.3 Å². The van der Waals surface area contributed by atoms with Crippen LogP contribution in [0.25, 0.3) is 0 Å². The minimum absolute atomic E-state index is 0.258. The number of ether oxygens (including phenoxy) is 2. The summed E-state index contributed by atoms with van der Waals surface area (Å²) in [5, 5.41) is 2.88. The molecule has 0 saturated heterocycles. The van der Waals surface area contributed by atoms with E-state index < -0.39 is 0 Å². The van der Waals surface area contributed by atoms with Gasteiger partial charge >= 0.3 is 0 Å². The van der Waals surface area contributed by atoms with Crippen LogP contribution in [0.2, 0.25) is 0 Å². The Bertz CT molecular complexity index is 996. The molecule has 3 rings (SSSR count). The normalized spacial score (nSPS) is 10.7. The zero-order valence-electron chi connectivity index (χ0n) is 17.6. The number of carbonyl (C=O) groups is 1. The second kappa shape index (κ2) is 8.86. The predicted molar refractivity (Wildman–Crippen MR) is 113 cm³/mol. The van der Waals surface area contributed by atoms with Gasteiger partial charge in [-0.15, -0.1) is 0 Å². The van der Waals surface area contributed by atoms with Gasteiger partial charge in [-0.1, -0.05) is 17.7 Å². The number of hydrogen-bond donors (Lipinski definition) is 1. The largest absolute Gasteiger partial charge is 0.497 e. The molecule has 5 heteroatoms. The summed E-state index contributed by atoms with van der Waals surface area (Å²) in [4.78, 5) is 12.5. The van der Waals surface area contributed by atoms with Crippen molar-refractivity contribution in [2.75, 3.05) is 14.2 Å². The van der Waals surface area contributed by atoms with Gasteiger partial charge < -0.3 is 19.2 Å². The van der Waals surface area contributed by atoms with Crippen LogP contribution in [-0.2, 0) is 13.0 Å². The molecule has 0 fully saturated rings. The van der Waals surface area contributed by atoms with Crippen molar-refractivity contribution in [3.8, 4) is 11.5 Å². The number of carbonyl (C=O) groups excluding carboxylic acids is 1. The molecule has 3 aromatic rings. The molecule has 0 unspecified atom stereocenters. The van der Waals surface area contributed by atoms with Crippen LogP contribution in [0.15, 0.2) is 46.9 Å². The molecule has 0 bridgehead atoms. The maximum absolute atomic E-state index is 12.5. The van der Waals surface area contributed by atoms with Gasteiger partial charge in [-0.05, 0) is 61.7 Å². The summed E-state index contributed by atoms with van der Waals surface area (Å²) >= 11 is 0. The van der Waals surface area contributed by atoms with E-state index in [2.05, 4.69) is 38.2 Å². The highest BCUT2D eigenvalue weighted by atomic mass is 16.5. The minimum atomic E-state index is -0.258. The summed E-state index contributed by atoms with van der Waals surface area (Å²) in [6.07, 6.45) is 0.664. The van der Waals surface area contributed by atoms with E-state index >= 15 is 0 Å². The third-order valence-electron chi connectivity index (χ3n) is 5.01. The number of amides is 1. The third-order valence-corrected chi connectivity index (χ3v) is 5.01. The molecule has 0 aliphatic heterocycles. The number of aryl methyl sites for hydroxylation is 3. The number of methoxy groups -OCH3 is 2. The number of nitrogens with one attached hydrogen (secondary N) is 1. The lowest BCUT2D eigenvalue weighted by atomic mass is 9.97. The summed E-state index contributed by atoms with van der Waals surface area (Å²) < 4.78 is 16.4. The second-order valence-corrected chi connectivity index (χ2v) is 7.18. The fourth-order valence-electron chi connectivity index (χ4n) is 3.52. The molecule has 0 aliphatic rings. The average molecular weight is 393 g/mol. The van der Waals surface area contributed by atoms with Gasteiger partial charge in [-0.2, -0.15) is 0 Å². The Balaban J connectivity index is 1.67. The van der Waals surface area contributed by atoms with Crippen molar-refractivity contribution in [1.82, 2.24) is 5.32 Å². The lowest BCUT2D eigenvalue weighted by Gasteiger charge is -2.11. The van der Waals surface area contributed by atoms with Crippen molar-refractivity contribution in [3.05, 3.63) is 81.8 Å². The summed E-state index contributed by atoms with van der Waals surface area (Å²) in [5.41, 5.74) is 5.81. The van der Waals surface area contributed by atoms with Gasteiger partial charge in [-0.25, -0.2) is 0 Å². The van der Waals surface area contributed by atoms with E-state index in [0.29, 0.717) is 30.2 Å². The first-order valence-electron chi connectivity index (χ1n) is 9.55. The molecule has 152 valence electrons. The number of furan rings is 1. The van der Waals surface area contributed by atoms with Crippen LogP contribution in [0.3, 0.4) is 0 Å². The quantitative estimate of drug-likeness (QED) is 0.630. The Hall–Kier alpha value is -3.21. The monoisotopic (exact) mass is 393 g/mol. The van der Waals surface area contributed by atoms with Crippen LogP contribution in [0.5, 0.6) is 11.5 Å². The summed E-state index contributed by atoms with van der Waals surface area (Å²) in [5.74, 6) is 2.18. The first-order valence-corrected chi connectivity index (χ1v) is 9.55. The van der Waals surface area contributed by atoms with Gasteiger partial charge in [-0.3, -0.25) is 4.79 Å². The predicted octanol–water partition coefficient (Wildman–Crippen LogP) is 4.74. The van der Waals surface area contributed by atoms with E-state index in [1.54, 1.807) is 26.4 Å². The standard InChI is InChI=1S/C24H27NO4/c1-15-10-16(2)21(17(3)11-15)12-20-8-9-22(29-20)24(26)25-14-18-6-7-19(27-4)13-23(18)28-5/h6-11,13H,12,14H2,1-5H3,(H,25,26). The van der Waals surface area contributed by atoms with E-state index in [9.17, 15) is 4.79 Å². The van der Waals surface area contributed by atoms with E-state index in [1.807, 2.05) is 18.2 Å². The van der Waals surface area contributed by atoms with Crippen LogP contribution in [0, 0.1) is 20.8 Å². The van der Waals surface area contributed by atoms with Crippen molar-refractivity contribution in [2.45, 2.75) is 33.7 Å². The van der Waals surface area contributed by atoms with E-state index in [0.717, 1.165) is 11.3 Å². The Labute approximate surface area is 171 Å². The van der Waals surface area contributed by atoms with Gasteiger partial charge in [0, 0.05) is 24.6 Å². The Kier molecular flexibility index (Phi) is 6.27. The zero-order chi connectivity index (χ0) is 21.0. The molecular formula is C24H27NO4. The Morgan fingerprint density at radius 3 is 2.34 bits per heavy atom. The minimum Gasteiger partial charge on any atom is -0.497 e. The van der Waals surface area contributed by atoms with Crippen molar-refractivity contribution in [2.24, 2.45) is 0 Å². The van der Waals surface area contributed by atoms with Crippen LogP contribution < -0.4 is 14.8 Å². The molecule has 1 aromatic heterocycles. The topological polar surface area (TPSA) is 60.7 Å². The molecule has 5 nitrogen and oxygen atoms in total. The van der Waals surface area contributed by atoms with Gasteiger partial charge in [0.15, 0.2) is 5.76 Å². The molecule has 0 saturated carbocycles. The van der Waals surface area contributed by atoms with E-state index in [-0.39, 0.29) is 5.91 Å². The second-order valence-electron chi connectivity index (χ2n) is 7.18. The third kappa shape index (κ3) is 4.80. The summed E-state index contributed by atoms with van der Waals surface area (Å²) in [6, 6.07) is 13.4. The maximum Gasteiger partial charge on any atom is 0.287 e. The lowest BCUT2D eigenvalue weighted by molar-refractivity contribution is 0.0921. The van der Waals surface area contributed by atoms with Crippen LogP contribution >= 0.6 is 0 Å². The summed E-state index contributed by atoms with van der Waals surface area (Å²) in [6.45, 7) is 6.64. The van der Waals surface area contributed by atoms with Crippen LogP contribution in [-0.4, -0.2) is 20.1 Å². The molecule has 29 heavy (non-hydrogen) atoms. The lowest BCUT2D eigenvalue weighted by Crippen LogP contribution is -2.22. The van der Waals surface area contributed by atoms with Gasteiger partial charge in [0.2, 0.25) is 0 Å². The highest BCUT2D eigenvalue weighted by Crippen LogP contribution is 2.25. The van der Waals surface area contributed by atoms with Crippen LogP contribution in [0.4, 0.5) is 0 Å². The molecule has 1 N–H and O–H groups in total. The Morgan fingerprint density at radius 1 is 0.966 bits per heavy atom. The smallest absolute Gasteiger partial charge is 0.287 e. The van der Waals surface area contributed by atoms with Crippen LogP contribution in [0.1, 0.15) is 44.1 Å². The Morgan fingerprint density at radius 2 is 1.69 bits per heavy atom. The van der Waals surface area contributed by atoms with Crippen molar-refractivity contribution in [3.63, 3.8) is 0 Å². The molecule has 1 heterocycles.